The Hall–Kier alpha value is -3.74. The molecule has 36 heavy (non-hydrogen) atoms. The summed E-state index contributed by atoms with van der Waals surface area (Å²) in [5, 5.41) is 2.31. The summed E-state index contributed by atoms with van der Waals surface area (Å²) >= 11 is 0. The van der Waals surface area contributed by atoms with E-state index < -0.39 is 68.1 Å². The molecule has 0 radical (unpaired) electrons. The van der Waals surface area contributed by atoms with Crippen LogP contribution >= 0.6 is 0 Å². The number of hydrogen-bond donors (Lipinski definition) is 2. The van der Waals surface area contributed by atoms with Gasteiger partial charge in [0.25, 0.3) is 5.91 Å². The summed E-state index contributed by atoms with van der Waals surface area (Å²) in [5.74, 6) is -5.90. The van der Waals surface area contributed by atoms with Crippen LogP contribution in [0.1, 0.15) is 29.8 Å². The van der Waals surface area contributed by atoms with Crippen LogP contribution in [-0.4, -0.2) is 27.5 Å². The second-order valence-electron chi connectivity index (χ2n) is 7.86. The summed E-state index contributed by atoms with van der Waals surface area (Å²) in [6.45, 7) is 3.19. The minimum atomic E-state index is -4.87. The number of rotatable bonds is 7. The number of benzene rings is 2. The summed E-state index contributed by atoms with van der Waals surface area (Å²) in [7, 11) is -3.15. The van der Waals surface area contributed by atoms with E-state index >= 15 is 0 Å². The number of alkyl halides is 3. The number of aromatic nitrogens is 1. The van der Waals surface area contributed by atoms with E-state index in [1.54, 1.807) is 13.8 Å². The van der Waals surface area contributed by atoms with E-state index in [0.717, 1.165) is 18.4 Å². The Morgan fingerprint density at radius 2 is 1.72 bits per heavy atom. The van der Waals surface area contributed by atoms with E-state index in [4.69, 9.17) is 14.3 Å². The molecule has 0 saturated heterocycles. The van der Waals surface area contributed by atoms with Crippen LogP contribution in [0.2, 0.25) is 0 Å². The van der Waals surface area contributed by atoms with Crippen molar-refractivity contribution in [3.63, 3.8) is 0 Å². The molecule has 0 bridgehead atoms. The molecule has 0 spiro atoms. The lowest BCUT2D eigenvalue weighted by Gasteiger charge is -2.15. The third-order valence-electron chi connectivity index (χ3n) is 4.55. The number of pyridine rings is 1. The predicted molar refractivity (Wildman–Crippen MR) is 121 cm³/mol. The predicted octanol–water partition coefficient (Wildman–Crippen LogP) is 6.25. The first-order valence-corrected chi connectivity index (χ1v) is 12.2. The third-order valence-corrected chi connectivity index (χ3v) is 5.70. The molecule has 3 rings (SSSR count). The van der Waals surface area contributed by atoms with Gasteiger partial charge in [0.2, 0.25) is 17.5 Å². The monoisotopic (exact) mass is 529 g/mol. The topological polar surface area (TPSA) is 101 Å². The number of halogens is 5. The van der Waals surface area contributed by atoms with Gasteiger partial charge in [0.1, 0.15) is 5.56 Å². The van der Waals surface area contributed by atoms with Crippen LogP contribution in [0.3, 0.4) is 0 Å². The Balaban J connectivity index is 2.01. The normalized spacial score (nSPS) is 13.2. The minimum Gasteiger partial charge on any atom is -0.488 e. The lowest BCUT2D eigenvalue weighted by molar-refractivity contribution is -0.137. The van der Waals surface area contributed by atoms with Gasteiger partial charge < -0.3 is 14.8 Å². The van der Waals surface area contributed by atoms with Crippen LogP contribution in [0.25, 0.3) is 0 Å². The van der Waals surface area contributed by atoms with Crippen LogP contribution < -0.4 is 14.8 Å². The average Bonchev–Trinajstić information content (AvgIpc) is 2.77. The Bertz CT molecular complexity index is 1410. The molecule has 1 amide bonds. The molecule has 2 N–H and O–H groups in total. The summed E-state index contributed by atoms with van der Waals surface area (Å²) in [4.78, 5) is 16.5. The van der Waals surface area contributed by atoms with Crippen molar-refractivity contribution in [2.45, 2.75) is 31.0 Å². The molecule has 1 unspecified atom stereocenters. The maximum atomic E-state index is 14.6. The number of nitrogens with one attached hydrogen (secondary N) is 2. The van der Waals surface area contributed by atoms with E-state index in [1.807, 2.05) is 0 Å². The molecule has 192 valence electrons. The van der Waals surface area contributed by atoms with E-state index in [0.29, 0.717) is 12.3 Å². The average molecular weight is 529 g/mol. The minimum absolute atomic E-state index is 0.0232. The number of carbonyl (C=O) groups excluding carboxylic acids is 1. The Kier molecular flexibility index (Phi) is 7.53. The van der Waals surface area contributed by atoms with Crippen molar-refractivity contribution in [1.29, 1.82) is 4.78 Å². The van der Waals surface area contributed by atoms with Gasteiger partial charge in [-0.05, 0) is 50.2 Å². The highest BCUT2D eigenvalue weighted by Crippen LogP contribution is 2.35. The lowest BCUT2D eigenvalue weighted by Crippen LogP contribution is -2.16. The highest BCUT2D eigenvalue weighted by atomic mass is 32.2. The van der Waals surface area contributed by atoms with Gasteiger partial charge in [0, 0.05) is 23.0 Å². The summed E-state index contributed by atoms with van der Waals surface area (Å²) in [6, 6.07) is 7.84. The quantitative estimate of drug-likeness (QED) is 0.353. The molecule has 7 nitrogen and oxygen atoms in total. The van der Waals surface area contributed by atoms with Crippen molar-refractivity contribution >= 4 is 21.3 Å². The SMILES string of the molecule is CC(C)Oc1ccc(Oc2ncc(C(F)(F)F)cc2C(=O)Nc2cccc(S(C)(=N)=O)c2)c(F)c1F. The third kappa shape index (κ3) is 6.27. The lowest BCUT2D eigenvalue weighted by atomic mass is 10.1. The standard InChI is InChI=1S/C23H20F5N3O4S/c1-12(2)34-17-7-8-18(20(25)19(17)24)35-22-16(9-13(11-30-22)23(26,27)28)21(32)31-14-5-4-6-15(10-14)36(3,29)33/h4-12,29H,1-3H3,(H,31,32). The fraction of sp³-hybridized carbons (Fsp3) is 0.217. The molecule has 13 heteroatoms. The number of hydrogen-bond acceptors (Lipinski definition) is 6. The fourth-order valence-corrected chi connectivity index (χ4v) is 3.60. The highest BCUT2D eigenvalue weighted by Gasteiger charge is 2.33. The smallest absolute Gasteiger partial charge is 0.417 e. The van der Waals surface area contributed by atoms with Crippen molar-refractivity contribution in [1.82, 2.24) is 4.98 Å². The van der Waals surface area contributed by atoms with E-state index in [9.17, 15) is 31.0 Å². The number of nitrogens with zero attached hydrogens (tertiary/aromatic N) is 1. The Morgan fingerprint density at radius 1 is 1.08 bits per heavy atom. The second kappa shape index (κ2) is 10.1. The second-order valence-corrected chi connectivity index (χ2v) is 10.0. The van der Waals surface area contributed by atoms with Crippen LogP contribution in [-0.2, 0) is 15.9 Å². The zero-order chi connectivity index (χ0) is 26.8. The molecular weight excluding hydrogens is 509 g/mol. The zero-order valence-electron chi connectivity index (χ0n) is 19.1. The maximum absolute atomic E-state index is 14.6. The molecule has 3 aromatic rings. The summed E-state index contributed by atoms with van der Waals surface area (Å²) < 4.78 is 98.7. The molecule has 2 aromatic carbocycles. The van der Waals surface area contributed by atoms with E-state index in [2.05, 4.69) is 10.3 Å². The van der Waals surface area contributed by atoms with Gasteiger partial charge >= 0.3 is 6.18 Å². The van der Waals surface area contributed by atoms with Gasteiger partial charge in [-0.25, -0.2) is 14.0 Å². The summed E-state index contributed by atoms with van der Waals surface area (Å²) in [6.07, 6.45) is -3.80. The van der Waals surface area contributed by atoms with Crippen molar-refractivity contribution in [3.05, 3.63) is 71.4 Å². The molecule has 0 aliphatic rings. The first kappa shape index (κ1) is 26.9. The first-order chi connectivity index (χ1) is 16.7. The Labute approximate surface area is 203 Å². The van der Waals surface area contributed by atoms with Crippen molar-refractivity contribution in [2.24, 2.45) is 0 Å². The van der Waals surface area contributed by atoms with Gasteiger partial charge in [0.05, 0.1) is 21.4 Å². The van der Waals surface area contributed by atoms with Crippen LogP contribution in [0.4, 0.5) is 27.6 Å². The first-order valence-electron chi connectivity index (χ1n) is 10.2. The van der Waals surface area contributed by atoms with E-state index in [-0.39, 0.29) is 10.6 Å². The largest absolute Gasteiger partial charge is 0.488 e. The van der Waals surface area contributed by atoms with Gasteiger partial charge in [0.15, 0.2) is 11.5 Å². The molecular formula is C23H20F5N3O4S. The molecule has 0 fully saturated rings. The molecule has 1 aromatic heterocycles. The summed E-state index contributed by atoms with van der Waals surface area (Å²) in [5.41, 5.74) is -2.00. The van der Waals surface area contributed by atoms with Crippen molar-refractivity contribution in [3.8, 4) is 17.4 Å². The van der Waals surface area contributed by atoms with Gasteiger partial charge in [-0.2, -0.15) is 22.0 Å². The molecule has 0 aliphatic heterocycles. The molecule has 0 saturated carbocycles. The molecule has 1 heterocycles. The van der Waals surface area contributed by atoms with Crippen molar-refractivity contribution in [2.75, 3.05) is 11.6 Å². The van der Waals surface area contributed by atoms with Gasteiger partial charge in [-0.15, -0.1) is 0 Å². The maximum Gasteiger partial charge on any atom is 0.417 e. The highest BCUT2D eigenvalue weighted by molar-refractivity contribution is 7.91. The number of carbonyl (C=O) groups is 1. The van der Waals surface area contributed by atoms with Crippen LogP contribution in [0, 0.1) is 16.4 Å². The zero-order valence-corrected chi connectivity index (χ0v) is 19.9. The molecule has 1 atom stereocenters. The fourth-order valence-electron chi connectivity index (χ4n) is 2.91. The number of ether oxygens (including phenoxy) is 2. The van der Waals surface area contributed by atoms with E-state index in [1.165, 1.54) is 24.3 Å². The Morgan fingerprint density at radius 3 is 2.33 bits per heavy atom. The number of anilines is 1. The van der Waals surface area contributed by atoms with Crippen LogP contribution in [0.5, 0.6) is 17.4 Å². The van der Waals surface area contributed by atoms with Gasteiger partial charge in [-0.1, -0.05) is 6.07 Å². The number of amides is 1. The van der Waals surface area contributed by atoms with Crippen molar-refractivity contribution < 1.29 is 40.4 Å². The van der Waals surface area contributed by atoms with Crippen LogP contribution in [0.15, 0.2) is 53.6 Å². The molecule has 0 aliphatic carbocycles. The van der Waals surface area contributed by atoms with Gasteiger partial charge in [-0.3, -0.25) is 4.79 Å².